The summed E-state index contributed by atoms with van der Waals surface area (Å²) in [5, 5.41) is 3.88. The van der Waals surface area contributed by atoms with Gasteiger partial charge in [-0.15, -0.1) is 0 Å². The second-order valence-electron chi connectivity index (χ2n) is 9.46. The Morgan fingerprint density at radius 2 is 1.84 bits per heavy atom. The van der Waals surface area contributed by atoms with Gasteiger partial charge in [0.1, 0.15) is 5.52 Å². The van der Waals surface area contributed by atoms with Crippen LogP contribution in [0.2, 0.25) is 0 Å². The number of likely N-dealkylation sites (tertiary alicyclic amines) is 1. The van der Waals surface area contributed by atoms with E-state index in [2.05, 4.69) is 15.2 Å². The zero-order valence-corrected chi connectivity index (χ0v) is 20.6. The van der Waals surface area contributed by atoms with E-state index in [1.165, 1.54) is 0 Å². The van der Waals surface area contributed by atoms with Crippen LogP contribution in [0.15, 0.2) is 47.0 Å². The summed E-state index contributed by atoms with van der Waals surface area (Å²) in [4.78, 5) is 42.6. The monoisotopic (exact) mass is 500 g/mol. The van der Waals surface area contributed by atoms with Gasteiger partial charge in [-0.1, -0.05) is 12.1 Å². The average molecular weight is 501 g/mol. The second-order valence-corrected chi connectivity index (χ2v) is 9.46. The van der Waals surface area contributed by atoms with Gasteiger partial charge < -0.3 is 24.3 Å². The number of nitrogens with zero attached hydrogens (tertiary/aromatic N) is 5. The van der Waals surface area contributed by atoms with Gasteiger partial charge in [-0.3, -0.25) is 9.59 Å². The lowest BCUT2D eigenvalue weighted by Crippen LogP contribution is -2.40. The summed E-state index contributed by atoms with van der Waals surface area (Å²) in [5.41, 5.74) is 3.32. The van der Waals surface area contributed by atoms with Gasteiger partial charge >= 0.3 is 0 Å². The molecule has 0 saturated carbocycles. The van der Waals surface area contributed by atoms with Gasteiger partial charge in [0, 0.05) is 56.5 Å². The second kappa shape index (κ2) is 9.78. The number of hydrogen-bond donors (Lipinski definition) is 1. The number of amides is 2. The zero-order chi connectivity index (χ0) is 25.4. The number of furan rings is 1. The number of carbonyl (C=O) groups excluding carboxylic acids is 2. The van der Waals surface area contributed by atoms with E-state index < -0.39 is 0 Å². The van der Waals surface area contributed by atoms with E-state index in [1.807, 2.05) is 36.4 Å². The van der Waals surface area contributed by atoms with Crippen molar-refractivity contribution < 1.29 is 18.7 Å². The molecular weight excluding hydrogens is 472 g/mol. The molecule has 2 aliphatic rings. The smallest absolute Gasteiger partial charge is 0.229 e. The van der Waals surface area contributed by atoms with Gasteiger partial charge in [0.2, 0.25) is 17.5 Å². The first-order valence-electron chi connectivity index (χ1n) is 12.6. The molecule has 10 nitrogen and oxygen atoms in total. The first kappa shape index (κ1) is 23.4. The van der Waals surface area contributed by atoms with Crippen molar-refractivity contribution in [3.8, 4) is 11.4 Å². The standard InChI is InChI=1S/C27H28N6O4/c1-17(34)32-10-7-18(8-11-32)26(35)29-20-5-2-4-19(16-20)24-30-22-21-6-3-9-28-27(21)37-23(22)25(31-24)33-12-14-36-15-13-33/h2-6,9,16,18H,7-8,10-15H2,1H3,(H,29,35). The molecule has 0 aliphatic carbocycles. The van der Waals surface area contributed by atoms with Crippen LogP contribution in [0.25, 0.3) is 33.6 Å². The third-order valence-corrected chi connectivity index (χ3v) is 7.08. The van der Waals surface area contributed by atoms with E-state index in [4.69, 9.17) is 19.1 Å². The summed E-state index contributed by atoms with van der Waals surface area (Å²) >= 11 is 0. The molecule has 2 amide bonds. The van der Waals surface area contributed by atoms with Crippen molar-refractivity contribution in [2.45, 2.75) is 19.8 Å². The molecular formula is C27H28N6O4. The predicted octanol–water partition coefficient (Wildman–Crippen LogP) is 3.47. The minimum absolute atomic E-state index is 0.0300. The molecule has 0 atom stereocenters. The minimum atomic E-state index is -0.121. The van der Waals surface area contributed by atoms with E-state index >= 15 is 0 Å². The predicted molar refractivity (Wildman–Crippen MR) is 139 cm³/mol. The van der Waals surface area contributed by atoms with Crippen molar-refractivity contribution in [1.29, 1.82) is 0 Å². The molecule has 10 heteroatoms. The normalized spacial score (nSPS) is 16.9. The highest BCUT2D eigenvalue weighted by molar-refractivity contribution is 6.05. The molecule has 37 heavy (non-hydrogen) atoms. The number of fused-ring (bicyclic) bond motifs is 3. The van der Waals surface area contributed by atoms with Gasteiger partial charge in [-0.2, -0.15) is 0 Å². The molecule has 0 radical (unpaired) electrons. The minimum Gasteiger partial charge on any atom is -0.432 e. The maximum Gasteiger partial charge on any atom is 0.229 e. The number of benzene rings is 1. The Bertz CT molecular complexity index is 1470. The van der Waals surface area contributed by atoms with Crippen molar-refractivity contribution in [2.75, 3.05) is 49.6 Å². The number of carbonyl (C=O) groups is 2. The molecule has 0 unspecified atom stereocenters. The summed E-state index contributed by atoms with van der Waals surface area (Å²) in [6, 6.07) is 11.4. The number of piperidine rings is 1. The Hall–Kier alpha value is -4.05. The van der Waals surface area contributed by atoms with Crippen LogP contribution >= 0.6 is 0 Å². The molecule has 1 aromatic carbocycles. The number of anilines is 2. The summed E-state index contributed by atoms with van der Waals surface area (Å²) in [6.45, 7) is 5.43. The summed E-state index contributed by atoms with van der Waals surface area (Å²) < 4.78 is 11.6. The number of pyridine rings is 1. The van der Waals surface area contributed by atoms with Crippen LogP contribution in [-0.2, 0) is 14.3 Å². The lowest BCUT2D eigenvalue weighted by Gasteiger charge is -2.30. The molecule has 3 aromatic heterocycles. The molecule has 2 fully saturated rings. The third-order valence-electron chi connectivity index (χ3n) is 7.08. The van der Waals surface area contributed by atoms with Gasteiger partial charge in [0.15, 0.2) is 17.2 Å². The van der Waals surface area contributed by atoms with Crippen molar-refractivity contribution in [1.82, 2.24) is 19.9 Å². The molecule has 6 rings (SSSR count). The summed E-state index contributed by atoms with van der Waals surface area (Å²) in [6.07, 6.45) is 3.02. The Balaban J connectivity index is 1.32. The van der Waals surface area contributed by atoms with Gasteiger partial charge in [-0.05, 0) is 37.1 Å². The molecule has 4 aromatic rings. The van der Waals surface area contributed by atoms with Crippen LogP contribution in [0.1, 0.15) is 19.8 Å². The maximum atomic E-state index is 13.0. The highest BCUT2D eigenvalue weighted by Gasteiger charge is 2.26. The molecule has 2 aliphatic heterocycles. The first-order chi connectivity index (χ1) is 18.1. The zero-order valence-electron chi connectivity index (χ0n) is 20.6. The Morgan fingerprint density at radius 3 is 2.62 bits per heavy atom. The molecule has 2 saturated heterocycles. The molecule has 1 N–H and O–H groups in total. The number of aromatic nitrogens is 3. The van der Waals surface area contributed by atoms with Gasteiger partial charge in [0.05, 0.1) is 18.6 Å². The quantitative estimate of drug-likeness (QED) is 0.453. The van der Waals surface area contributed by atoms with E-state index in [0.29, 0.717) is 86.4 Å². The number of morpholine rings is 1. The van der Waals surface area contributed by atoms with E-state index in [0.717, 1.165) is 10.9 Å². The SMILES string of the molecule is CC(=O)N1CCC(C(=O)Nc2cccc(-c3nc(N4CCOCC4)c4oc5ncccc5c4n3)c2)CC1. The highest BCUT2D eigenvalue weighted by atomic mass is 16.5. The topological polar surface area (TPSA) is 114 Å². The number of nitrogens with one attached hydrogen (secondary N) is 1. The molecule has 0 spiro atoms. The fourth-order valence-electron chi connectivity index (χ4n) is 5.02. The van der Waals surface area contributed by atoms with Crippen LogP contribution in [0, 0.1) is 5.92 Å². The van der Waals surface area contributed by atoms with Crippen molar-refractivity contribution >= 4 is 45.5 Å². The molecule has 190 valence electrons. The van der Waals surface area contributed by atoms with Crippen LogP contribution < -0.4 is 10.2 Å². The highest BCUT2D eigenvalue weighted by Crippen LogP contribution is 2.34. The molecule has 0 bridgehead atoms. The Morgan fingerprint density at radius 1 is 1.03 bits per heavy atom. The van der Waals surface area contributed by atoms with Gasteiger partial charge in [-0.25, -0.2) is 15.0 Å². The summed E-state index contributed by atoms with van der Waals surface area (Å²) in [5.74, 6) is 1.17. The first-order valence-corrected chi connectivity index (χ1v) is 12.6. The lowest BCUT2D eigenvalue weighted by molar-refractivity contribution is -0.132. The Labute approximate surface area is 213 Å². The fraction of sp³-hybridized carbons (Fsp3) is 0.370. The van der Waals surface area contributed by atoms with E-state index in [9.17, 15) is 9.59 Å². The number of rotatable bonds is 4. The fourth-order valence-corrected chi connectivity index (χ4v) is 5.02. The molecule has 5 heterocycles. The largest absolute Gasteiger partial charge is 0.432 e. The lowest BCUT2D eigenvalue weighted by atomic mass is 9.95. The van der Waals surface area contributed by atoms with Crippen LogP contribution in [0.3, 0.4) is 0 Å². The number of ether oxygens (including phenoxy) is 1. The van der Waals surface area contributed by atoms with Crippen LogP contribution in [0.5, 0.6) is 0 Å². The van der Waals surface area contributed by atoms with Crippen LogP contribution in [-0.4, -0.2) is 71.1 Å². The average Bonchev–Trinajstić information content (AvgIpc) is 3.32. The number of hydrogen-bond acceptors (Lipinski definition) is 8. The summed E-state index contributed by atoms with van der Waals surface area (Å²) in [7, 11) is 0. The van der Waals surface area contributed by atoms with E-state index in [1.54, 1.807) is 18.0 Å². The van der Waals surface area contributed by atoms with Gasteiger partial charge in [0.25, 0.3) is 0 Å². The third kappa shape index (κ3) is 4.60. The van der Waals surface area contributed by atoms with Crippen molar-refractivity contribution in [2.24, 2.45) is 5.92 Å². The maximum absolute atomic E-state index is 13.0. The van der Waals surface area contributed by atoms with Crippen molar-refractivity contribution in [3.63, 3.8) is 0 Å². The van der Waals surface area contributed by atoms with E-state index in [-0.39, 0.29) is 17.7 Å². The van der Waals surface area contributed by atoms with Crippen LogP contribution in [0.4, 0.5) is 11.5 Å². The van der Waals surface area contributed by atoms with Crippen molar-refractivity contribution in [3.05, 3.63) is 42.6 Å². The Kier molecular flexibility index (Phi) is 6.17.